The van der Waals surface area contributed by atoms with Crippen molar-refractivity contribution in [1.29, 1.82) is 0 Å². The van der Waals surface area contributed by atoms with Crippen molar-refractivity contribution in [2.45, 2.75) is 37.6 Å². The summed E-state index contributed by atoms with van der Waals surface area (Å²) in [6.07, 6.45) is 4.18. The molecule has 3 aliphatic rings. The molecule has 2 bridgehead atoms. The van der Waals surface area contributed by atoms with Crippen molar-refractivity contribution in [2.75, 3.05) is 0 Å². The number of nitrogens with zero attached hydrogens (tertiary/aromatic N) is 1. The number of carbonyl (C=O) groups is 1. The molecule has 4 nitrogen and oxygen atoms in total. The molecule has 102 valence electrons. The van der Waals surface area contributed by atoms with Crippen LogP contribution >= 0.6 is 0 Å². The lowest BCUT2D eigenvalue weighted by atomic mass is 9.77. The third-order valence-electron chi connectivity index (χ3n) is 4.81. The van der Waals surface area contributed by atoms with E-state index in [1.54, 1.807) is 12.1 Å². The molecule has 1 saturated carbocycles. The number of benzene rings is 1. The van der Waals surface area contributed by atoms with Gasteiger partial charge >= 0.3 is 5.97 Å². The Balaban J connectivity index is 2.23. The standard InChI is InChI=1S/C16H15NO3/c18-15-11-3-1-2-4-12(11)17-10-7-5-9(6-8-10)14(17)13(15)16(19)20/h1-4,9-10H,5-8H2,(H,19,20). The summed E-state index contributed by atoms with van der Waals surface area (Å²) in [5, 5.41) is 10.0. The average molecular weight is 269 g/mol. The molecule has 5 rings (SSSR count). The van der Waals surface area contributed by atoms with Crippen LogP contribution < -0.4 is 5.43 Å². The van der Waals surface area contributed by atoms with Gasteiger partial charge in [0.05, 0.1) is 5.52 Å². The number of aromatic carboxylic acids is 1. The van der Waals surface area contributed by atoms with Crippen molar-refractivity contribution in [2.24, 2.45) is 0 Å². The lowest BCUT2D eigenvalue weighted by Gasteiger charge is -2.41. The van der Waals surface area contributed by atoms with Gasteiger partial charge in [0.25, 0.3) is 0 Å². The van der Waals surface area contributed by atoms with E-state index in [9.17, 15) is 14.7 Å². The molecule has 4 heteroatoms. The SMILES string of the molecule is O=C(O)c1c2n(c3ccccc3c1=O)C1CCC2CC1. The van der Waals surface area contributed by atoms with Crippen LogP contribution in [-0.4, -0.2) is 15.6 Å². The molecule has 2 aliphatic heterocycles. The fourth-order valence-corrected chi connectivity index (χ4v) is 3.99. The second-order valence-electron chi connectivity index (χ2n) is 5.79. The summed E-state index contributed by atoms with van der Waals surface area (Å²) in [5.41, 5.74) is 1.33. The minimum absolute atomic E-state index is 0.00176. The number of carboxylic acid groups (broad SMARTS) is 1. The Hall–Kier alpha value is -2.10. The van der Waals surface area contributed by atoms with E-state index in [0.717, 1.165) is 36.9 Å². The highest BCUT2D eigenvalue weighted by molar-refractivity contribution is 5.94. The normalized spacial score (nSPS) is 23.8. The first kappa shape index (κ1) is 11.7. The first-order valence-electron chi connectivity index (χ1n) is 7.09. The number of rotatable bonds is 1. The molecule has 1 aliphatic carbocycles. The molecule has 2 aromatic rings. The maximum Gasteiger partial charge on any atom is 0.341 e. The number of para-hydroxylation sites is 1. The smallest absolute Gasteiger partial charge is 0.341 e. The van der Waals surface area contributed by atoms with Gasteiger partial charge in [0.15, 0.2) is 0 Å². The van der Waals surface area contributed by atoms with E-state index < -0.39 is 5.97 Å². The van der Waals surface area contributed by atoms with Crippen LogP contribution in [0.1, 0.15) is 53.7 Å². The van der Waals surface area contributed by atoms with Crippen molar-refractivity contribution < 1.29 is 9.90 Å². The Kier molecular flexibility index (Phi) is 2.31. The Bertz CT molecular complexity index is 782. The number of carboxylic acids is 1. The van der Waals surface area contributed by atoms with Crippen LogP contribution in [0, 0.1) is 0 Å². The summed E-state index contributed by atoms with van der Waals surface area (Å²) in [6, 6.07) is 7.73. The van der Waals surface area contributed by atoms with Crippen molar-refractivity contribution in [1.82, 2.24) is 4.57 Å². The minimum atomic E-state index is -1.09. The highest BCUT2D eigenvalue weighted by Crippen LogP contribution is 2.47. The largest absolute Gasteiger partial charge is 0.477 e. The van der Waals surface area contributed by atoms with Gasteiger partial charge in [-0.05, 0) is 37.8 Å². The van der Waals surface area contributed by atoms with Crippen LogP contribution in [0.5, 0.6) is 0 Å². The molecular weight excluding hydrogens is 254 g/mol. The van der Waals surface area contributed by atoms with Gasteiger partial charge in [0.1, 0.15) is 5.56 Å². The fraction of sp³-hybridized carbons (Fsp3) is 0.375. The van der Waals surface area contributed by atoms with Crippen LogP contribution in [-0.2, 0) is 0 Å². The van der Waals surface area contributed by atoms with E-state index in [-0.39, 0.29) is 16.9 Å². The molecule has 3 heterocycles. The number of aromatic nitrogens is 1. The highest BCUT2D eigenvalue weighted by Gasteiger charge is 2.37. The zero-order chi connectivity index (χ0) is 13.9. The third kappa shape index (κ3) is 1.36. The molecular formula is C16H15NO3. The lowest BCUT2D eigenvalue weighted by molar-refractivity contribution is 0.0689. The first-order chi connectivity index (χ1) is 9.68. The molecule has 1 aromatic carbocycles. The topological polar surface area (TPSA) is 59.3 Å². The van der Waals surface area contributed by atoms with Gasteiger partial charge in [-0.2, -0.15) is 0 Å². The van der Waals surface area contributed by atoms with E-state index >= 15 is 0 Å². The van der Waals surface area contributed by atoms with Crippen molar-refractivity contribution in [3.05, 3.63) is 45.7 Å². The van der Waals surface area contributed by atoms with E-state index in [1.165, 1.54) is 0 Å². The molecule has 0 amide bonds. The van der Waals surface area contributed by atoms with Gasteiger partial charge in [0.2, 0.25) is 5.43 Å². The molecule has 0 spiro atoms. The molecule has 1 fully saturated rings. The van der Waals surface area contributed by atoms with Gasteiger partial charge in [-0.1, -0.05) is 12.1 Å². The molecule has 0 saturated heterocycles. The summed E-state index contributed by atoms with van der Waals surface area (Å²) >= 11 is 0. The van der Waals surface area contributed by atoms with Gasteiger partial charge < -0.3 is 9.67 Å². The molecule has 0 unspecified atom stereocenters. The second kappa shape index (κ2) is 3.95. The van der Waals surface area contributed by atoms with Crippen molar-refractivity contribution in [3.8, 4) is 0 Å². The maximum atomic E-state index is 12.5. The van der Waals surface area contributed by atoms with Crippen LogP contribution in [0.4, 0.5) is 0 Å². The predicted octanol–water partition coefficient (Wildman–Crippen LogP) is 2.91. The van der Waals surface area contributed by atoms with E-state index in [0.29, 0.717) is 11.4 Å². The average Bonchev–Trinajstić information content (AvgIpc) is 2.48. The predicted molar refractivity (Wildman–Crippen MR) is 75.4 cm³/mol. The van der Waals surface area contributed by atoms with Crippen LogP contribution in [0.3, 0.4) is 0 Å². The zero-order valence-corrected chi connectivity index (χ0v) is 11.0. The van der Waals surface area contributed by atoms with E-state index in [4.69, 9.17) is 0 Å². The number of pyridine rings is 1. The van der Waals surface area contributed by atoms with Gasteiger partial charge in [0, 0.05) is 23.0 Å². The van der Waals surface area contributed by atoms with Gasteiger partial charge in [-0.25, -0.2) is 4.79 Å². The van der Waals surface area contributed by atoms with Crippen LogP contribution in [0.2, 0.25) is 0 Å². The maximum absolute atomic E-state index is 12.5. The number of hydrogen-bond donors (Lipinski definition) is 1. The first-order valence-corrected chi connectivity index (χ1v) is 7.09. The summed E-state index contributed by atoms with van der Waals surface area (Å²) in [7, 11) is 0. The summed E-state index contributed by atoms with van der Waals surface area (Å²) in [5.74, 6) is -0.861. The molecule has 0 radical (unpaired) electrons. The fourth-order valence-electron chi connectivity index (χ4n) is 3.99. The molecule has 0 atom stereocenters. The summed E-state index contributed by atoms with van der Waals surface area (Å²) in [6.45, 7) is 0. The van der Waals surface area contributed by atoms with Gasteiger partial charge in [-0.3, -0.25) is 4.79 Å². The Morgan fingerprint density at radius 1 is 1.15 bits per heavy atom. The minimum Gasteiger partial charge on any atom is -0.477 e. The second-order valence-corrected chi connectivity index (χ2v) is 5.79. The van der Waals surface area contributed by atoms with E-state index in [2.05, 4.69) is 4.57 Å². The van der Waals surface area contributed by atoms with Crippen molar-refractivity contribution in [3.63, 3.8) is 0 Å². The van der Waals surface area contributed by atoms with Crippen LogP contribution in [0.15, 0.2) is 29.1 Å². The number of fused-ring (bicyclic) bond motifs is 3. The highest BCUT2D eigenvalue weighted by atomic mass is 16.4. The van der Waals surface area contributed by atoms with Crippen molar-refractivity contribution >= 4 is 16.9 Å². The Morgan fingerprint density at radius 2 is 1.85 bits per heavy atom. The third-order valence-corrected chi connectivity index (χ3v) is 4.81. The monoisotopic (exact) mass is 269 g/mol. The summed E-state index contributed by atoms with van der Waals surface area (Å²) < 4.78 is 2.14. The zero-order valence-electron chi connectivity index (χ0n) is 11.0. The molecule has 20 heavy (non-hydrogen) atoms. The molecule has 1 N–H and O–H groups in total. The van der Waals surface area contributed by atoms with Gasteiger partial charge in [-0.15, -0.1) is 0 Å². The van der Waals surface area contributed by atoms with Crippen LogP contribution in [0.25, 0.3) is 10.9 Å². The molecule has 1 aromatic heterocycles. The quantitative estimate of drug-likeness (QED) is 0.866. The lowest BCUT2D eigenvalue weighted by Crippen LogP contribution is -2.35. The number of hydrogen-bond acceptors (Lipinski definition) is 2. The summed E-state index contributed by atoms with van der Waals surface area (Å²) in [4.78, 5) is 24.1. The van der Waals surface area contributed by atoms with E-state index in [1.807, 2.05) is 12.1 Å². The Labute approximate surface area is 115 Å². The Morgan fingerprint density at radius 3 is 2.55 bits per heavy atom.